The molecular formula is C19H25NO4S. The molecule has 1 heterocycles. The minimum atomic E-state index is -1.04. The van der Waals surface area contributed by atoms with Crippen LogP contribution in [-0.2, 0) is 16.6 Å². The Kier molecular flexibility index (Phi) is 7.73. The Morgan fingerprint density at radius 3 is 2.72 bits per heavy atom. The first-order chi connectivity index (χ1) is 12.1. The van der Waals surface area contributed by atoms with Crippen LogP contribution in [0.4, 0.5) is 0 Å². The Bertz CT molecular complexity index is 757. The van der Waals surface area contributed by atoms with E-state index >= 15 is 0 Å². The summed E-state index contributed by atoms with van der Waals surface area (Å²) in [5.74, 6) is 2.00. The smallest absolute Gasteiger partial charge is 0.223 e. The Balaban J connectivity index is 1.74. The molecule has 1 N–H and O–H groups in total. The van der Waals surface area contributed by atoms with E-state index in [-0.39, 0.29) is 5.43 Å². The number of H-pyrrole nitrogens is 1. The number of pyridine rings is 1. The van der Waals surface area contributed by atoms with Gasteiger partial charge < -0.3 is 14.5 Å². The average molecular weight is 363 g/mol. The maximum atomic E-state index is 12.1. The number of hydrogen-bond acceptors (Lipinski definition) is 4. The second-order valence-electron chi connectivity index (χ2n) is 5.84. The first-order valence-corrected chi connectivity index (χ1v) is 9.96. The summed E-state index contributed by atoms with van der Waals surface area (Å²) in [5, 5.41) is 0. The number of aromatic amines is 1. The maximum Gasteiger partial charge on any atom is 0.223 e. The Hall–Kier alpha value is -2.08. The monoisotopic (exact) mass is 363 g/mol. The first-order valence-electron chi connectivity index (χ1n) is 8.47. The summed E-state index contributed by atoms with van der Waals surface area (Å²) in [6.45, 7) is 5.03. The molecule has 1 aromatic carbocycles. The fraction of sp³-hybridized carbons (Fsp3) is 0.421. The Morgan fingerprint density at radius 2 is 2.00 bits per heavy atom. The second kappa shape index (κ2) is 10.0. The number of nitrogens with one attached hydrogen (secondary N) is 1. The van der Waals surface area contributed by atoms with Crippen LogP contribution < -0.4 is 14.9 Å². The van der Waals surface area contributed by atoms with Crippen LogP contribution in [0.3, 0.4) is 0 Å². The summed E-state index contributed by atoms with van der Waals surface area (Å²) in [7, 11) is -1.04. The van der Waals surface area contributed by atoms with Crippen LogP contribution >= 0.6 is 0 Å². The third kappa shape index (κ3) is 6.74. The molecule has 1 aromatic heterocycles. The van der Waals surface area contributed by atoms with Crippen LogP contribution in [-0.4, -0.2) is 28.2 Å². The highest BCUT2D eigenvalue weighted by Crippen LogP contribution is 2.12. The predicted molar refractivity (Wildman–Crippen MR) is 101 cm³/mol. The van der Waals surface area contributed by atoms with E-state index in [1.165, 1.54) is 6.07 Å². The molecular weight excluding hydrogens is 338 g/mol. The van der Waals surface area contributed by atoms with E-state index in [9.17, 15) is 9.00 Å². The van der Waals surface area contributed by atoms with Gasteiger partial charge in [-0.25, -0.2) is 0 Å². The van der Waals surface area contributed by atoms with E-state index in [0.717, 1.165) is 17.7 Å². The average Bonchev–Trinajstić information content (AvgIpc) is 2.58. The molecule has 0 spiro atoms. The zero-order valence-electron chi connectivity index (χ0n) is 14.7. The van der Waals surface area contributed by atoms with Gasteiger partial charge in [-0.1, -0.05) is 19.1 Å². The van der Waals surface area contributed by atoms with Gasteiger partial charge in [0.1, 0.15) is 5.75 Å². The Morgan fingerprint density at radius 1 is 1.16 bits per heavy atom. The van der Waals surface area contributed by atoms with Crippen molar-refractivity contribution in [3.05, 3.63) is 58.0 Å². The molecule has 0 aliphatic carbocycles. The van der Waals surface area contributed by atoms with E-state index in [4.69, 9.17) is 9.47 Å². The molecule has 1 atom stereocenters. The van der Waals surface area contributed by atoms with Crippen LogP contribution in [0.5, 0.6) is 11.5 Å². The number of ether oxygens (including phenoxy) is 2. The van der Waals surface area contributed by atoms with Crippen LogP contribution in [0, 0.1) is 6.92 Å². The zero-order chi connectivity index (χ0) is 18.1. The van der Waals surface area contributed by atoms with Gasteiger partial charge in [0.05, 0.1) is 19.0 Å². The van der Waals surface area contributed by atoms with Gasteiger partial charge in [0.15, 0.2) is 5.75 Å². The van der Waals surface area contributed by atoms with E-state index in [0.29, 0.717) is 42.6 Å². The molecule has 136 valence electrons. The van der Waals surface area contributed by atoms with Crippen molar-refractivity contribution in [1.82, 2.24) is 4.98 Å². The molecule has 0 fully saturated rings. The summed E-state index contributed by atoms with van der Waals surface area (Å²) in [6.07, 6.45) is 3.09. The molecule has 6 heteroatoms. The van der Waals surface area contributed by atoms with Gasteiger partial charge in [0, 0.05) is 34.5 Å². The summed E-state index contributed by atoms with van der Waals surface area (Å²) in [5.41, 5.74) is 1.63. The van der Waals surface area contributed by atoms with Crippen molar-refractivity contribution in [2.75, 3.05) is 19.0 Å². The zero-order valence-corrected chi connectivity index (χ0v) is 15.6. The summed E-state index contributed by atoms with van der Waals surface area (Å²) in [4.78, 5) is 14.9. The summed E-state index contributed by atoms with van der Waals surface area (Å²) >= 11 is 0. The Labute approximate surface area is 150 Å². The summed E-state index contributed by atoms with van der Waals surface area (Å²) in [6, 6.07) is 9.32. The van der Waals surface area contributed by atoms with Crippen molar-refractivity contribution >= 4 is 10.8 Å². The van der Waals surface area contributed by atoms with Crippen molar-refractivity contribution < 1.29 is 13.7 Å². The lowest BCUT2D eigenvalue weighted by atomic mass is 10.2. The molecule has 5 nitrogen and oxygen atoms in total. The van der Waals surface area contributed by atoms with Crippen molar-refractivity contribution in [3.8, 4) is 11.5 Å². The highest BCUT2D eigenvalue weighted by atomic mass is 32.2. The van der Waals surface area contributed by atoms with Crippen molar-refractivity contribution in [2.45, 2.75) is 32.4 Å². The molecule has 1 unspecified atom stereocenters. The highest BCUT2D eigenvalue weighted by molar-refractivity contribution is 7.84. The van der Waals surface area contributed by atoms with E-state index < -0.39 is 10.8 Å². The van der Waals surface area contributed by atoms with Crippen LogP contribution in [0.15, 0.2) is 41.3 Å². The van der Waals surface area contributed by atoms with Gasteiger partial charge in [-0.2, -0.15) is 0 Å². The molecule has 0 aliphatic heterocycles. The maximum absolute atomic E-state index is 12.1. The van der Waals surface area contributed by atoms with Gasteiger partial charge in [-0.15, -0.1) is 0 Å². The molecule has 0 aliphatic rings. The van der Waals surface area contributed by atoms with Crippen LogP contribution in [0.25, 0.3) is 0 Å². The predicted octanol–water partition coefficient (Wildman–Crippen LogP) is 3.19. The fourth-order valence-electron chi connectivity index (χ4n) is 2.27. The van der Waals surface area contributed by atoms with Gasteiger partial charge >= 0.3 is 0 Å². The van der Waals surface area contributed by atoms with Gasteiger partial charge in [0.25, 0.3) is 0 Å². The van der Waals surface area contributed by atoms with E-state index in [1.807, 2.05) is 38.1 Å². The number of hydrogen-bond donors (Lipinski definition) is 1. The van der Waals surface area contributed by atoms with Gasteiger partial charge in [-0.05, 0) is 37.5 Å². The third-order valence-corrected chi connectivity index (χ3v) is 4.87. The quantitative estimate of drug-likeness (QED) is 0.658. The standard InChI is InChI=1S/C19H25NO4S/c1-3-8-24-19-13-20-16(12-18(19)21)14-25(22)10-5-9-23-17-7-4-6-15(2)11-17/h4,6-7,11-13H,3,5,8-10,14H2,1-2H3,(H,20,21). The number of aromatic nitrogens is 1. The molecule has 0 bridgehead atoms. The molecule has 2 rings (SSSR count). The second-order valence-corrected chi connectivity index (χ2v) is 7.42. The van der Waals surface area contributed by atoms with Crippen LogP contribution in [0.1, 0.15) is 31.0 Å². The van der Waals surface area contributed by atoms with Crippen molar-refractivity contribution in [2.24, 2.45) is 0 Å². The van der Waals surface area contributed by atoms with Crippen molar-refractivity contribution in [3.63, 3.8) is 0 Å². The third-order valence-electron chi connectivity index (χ3n) is 3.49. The fourth-order valence-corrected chi connectivity index (χ4v) is 3.37. The van der Waals surface area contributed by atoms with Crippen LogP contribution in [0.2, 0.25) is 0 Å². The van der Waals surface area contributed by atoms with Gasteiger partial charge in [0.2, 0.25) is 5.43 Å². The highest BCUT2D eigenvalue weighted by Gasteiger charge is 2.06. The van der Waals surface area contributed by atoms with Gasteiger partial charge in [-0.3, -0.25) is 9.00 Å². The minimum absolute atomic E-state index is 0.179. The molecule has 0 saturated heterocycles. The normalized spacial score (nSPS) is 11.9. The lowest BCUT2D eigenvalue weighted by Crippen LogP contribution is -2.12. The molecule has 0 amide bonds. The largest absolute Gasteiger partial charge is 0.494 e. The lowest BCUT2D eigenvalue weighted by molar-refractivity contribution is 0.313. The number of aryl methyl sites for hydroxylation is 1. The topological polar surface area (TPSA) is 68.4 Å². The molecule has 0 saturated carbocycles. The number of benzene rings is 1. The first kappa shape index (κ1) is 19.2. The molecule has 2 aromatic rings. The van der Waals surface area contributed by atoms with E-state index in [2.05, 4.69) is 4.98 Å². The minimum Gasteiger partial charge on any atom is -0.494 e. The molecule has 25 heavy (non-hydrogen) atoms. The SMILES string of the molecule is CCCOc1c[nH]c(CS(=O)CCCOc2cccc(C)c2)cc1=O. The number of rotatable bonds is 10. The van der Waals surface area contributed by atoms with Crippen molar-refractivity contribution in [1.29, 1.82) is 0 Å². The molecule has 0 radical (unpaired) electrons. The summed E-state index contributed by atoms with van der Waals surface area (Å²) < 4.78 is 23.1. The lowest BCUT2D eigenvalue weighted by Gasteiger charge is -2.08. The van der Waals surface area contributed by atoms with E-state index in [1.54, 1.807) is 6.20 Å².